The van der Waals surface area contributed by atoms with E-state index >= 15 is 0 Å². The molecule has 0 saturated carbocycles. The standard InChI is InChI=1S/C11H16O2/c1-7-4-5-10(8(2)12)11(6-7)9(3)13/h7H,4-6H2,1-3H3. The van der Waals surface area contributed by atoms with Gasteiger partial charge in [-0.2, -0.15) is 0 Å². The zero-order valence-corrected chi connectivity index (χ0v) is 8.52. The fraction of sp³-hybridized carbons (Fsp3) is 0.636. The predicted molar refractivity (Wildman–Crippen MR) is 51.4 cm³/mol. The Bertz CT molecular complexity index is 274. The van der Waals surface area contributed by atoms with E-state index in [0.29, 0.717) is 5.92 Å². The van der Waals surface area contributed by atoms with Crippen molar-refractivity contribution in [3.63, 3.8) is 0 Å². The van der Waals surface area contributed by atoms with Crippen LogP contribution in [0.25, 0.3) is 0 Å². The highest BCUT2D eigenvalue weighted by Crippen LogP contribution is 2.29. The third kappa shape index (κ3) is 2.27. The monoisotopic (exact) mass is 180 g/mol. The van der Waals surface area contributed by atoms with E-state index in [1.54, 1.807) is 13.8 Å². The fourth-order valence-electron chi connectivity index (χ4n) is 1.86. The number of Topliss-reactive ketones (excluding diaryl/α,β-unsaturated/α-hetero) is 2. The summed E-state index contributed by atoms with van der Waals surface area (Å²) < 4.78 is 0. The molecule has 13 heavy (non-hydrogen) atoms. The van der Waals surface area contributed by atoms with Crippen LogP contribution in [-0.4, -0.2) is 11.6 Å². The van der Waals surface area contributed by atoms with Crippen LogP contribution in [0, 0.1) is 5.92 Å². The van der Waals surface area contributed by atoms with Crippen LogP contribution in [0.2, 0.25) is 0 Å². The number of hydrogen-bond donors (Lipinski definition) is 0. The minimum Gasteiger partial charge on any atom is -0.295 e. The number of rotatable bonds is 2. The van der Waals surface area contributed by atoms with Gasteiger partial charge in [-0.05, 0) is 39.0 Å². The van der Waals surface area contributed by atoms with Crippen molar-refractivity contribution in [1.82, 2.24) is 0 Å². The number of allylic oxidation sites excluding steroid dienone is 2. The van der Waals surface area contributed by atoms with Crippen LogP contribution in [0.4, 0.5) is 0 Å². The average Bonchev–Trinajstić information content (AvgIpc) is 2.03. The summed E-state index contributed by atoms with van der Waals surface area (Å²) in [7, 11) is 0. The minimum atomic E-state index is 0.0664. The molecule has 0 aromatic heterocycles. The van der Waals surface area contributed by atoms with E-state index in [0.717, 1.165) is 30.4 Å². The smallest absolute Gasteiger partial charge is 0.156 e. The van der Waals surface area contributed by atoms with Gasteiger partial charge < -0.3 is 0 Å². The van der Waals surface area contributed by atoms with Crippen molar-refractivity contribution < 1.29 is 9.59 Å². The largest absolute Gasteiger partial charge is 0.295 e. The summed E-state index contributed by atoms with van der Waals surface area (Å²) in [6.07, 6.45) is 2.60. The molecule has 2 nitrogen and oxygen atoms in total. The number of ketones is 2. The van der Waals surface area contributed by atoms with Crippen molar-refractivity contribution in [3.05, 3.63) is 11.1 Å². The van der Waals surface area contributed by atoms with Crippen molar-refractivity contribution in [2.45, 2.75) is 40.0 Å². The molecule has 0 aromatic carbocycles. The van der Waals surface area contributed by atoms with Crippen LogP contribution >= 0.6 is 0 Å². The van der Waals surface area contributed by atoms with Crippen LogP contribution in [0.5, 0.6) is 0 Å². The summed E-state index contributed by atoms with van der Waals surface area (Å²) in [6, 6.07) is 0. The summed E-state index contributed by atoms with van der Waals surface area (Å²) in [5, 5.41) is 0. The van der Waals surface area contributed by atoms with Crippen molar-refractivity contribution >= 4 is 11.6 Å². The van der Waals surface area contributed by atoms with E-state index in [-0.39, 0.29) is 11.6 Å². The Kier molecular flexibility index (Phi) is 3.02. The molecule has 1 unspecified atom stereocenters. The van der Waals surface area contributed by atoms with Gasteiger partial charge in [-0.1, -0.05) is 6.92 Å². The predicted octanol–water partition coefficient (Wildman–Crippen LogP) is 2.28. The van der Waals surface area contributed by atoms with Crippen LogP contribution in [0.15, 0.2) is 11.1 Å². The molecule has 72 valence electrons. The van der Waals surface area contributed by atoms with E-state index in [1.165, 1.54) is 0 Å². The quantitative estimate of drug-likeness (QED) is 0.653. The van der Waals surface area contributed by atoms with Crippen LogP contribution in [0.1, 0.15) is 40.0 Å². The Morgan fingerprint density at radius 2 is 1.69 bits per heavy atom. The lowest BCUT2D eigenvalue weighted by Gasteiger charge is -2.21. The molecule has 0 amide bonds. The number of hydrogen-bond acceptors (Lipinski definition) is 2. The number of carbonyl (C=O) groups excluding carboxylic acids is 2. The van der Waals surface area contributed by atoms with Gasteiger partial charge in [0.25, 0.3) is 0 Å². The SMILES string of the molecule is CC(=O)C1=C(C(C)=O)CC(C)CC1. The van der Waals surface area contributed by atoms with E-state index in [4.69, 9.17) is 0 Å². The van der Waals surface area contributed by atoms with Gasteiger partial charge >= 0.3 is 0 Å². The van der Waals surface area contributed by atoms with E-state index in [2.05, 4.69) is 6.92 Å². The highest BCUT2D eigenvalue weighted by atomic mass is 16.1. The van der Waals surface area contributed by atoms with Gasteiger partial charge in [-0.25, -0.2) is 0 Å². The van der Waals surface area contributed by atoms with Crippen molar-refractivity contribution in [2.75, 3.05) is 0 Å². The normalized spacial score (nSPS) is 23.2. The molecule has 0 aromatic rings. The Balaban J connectivity index is 3.01. The molecule has 0 radical (unpaired) electrons. The maximum atomic E-state index is 11.2. The molecule has 0 saturated heterocycles. The maximum absolute atomic E-state index is 11.2. The van der Waals surface area contributed by atoms with Crippen molar-refractivity contribution in [1.29, 1.82) is 0 Å². The van der Waals surface area contributed by atoms with E-state index in [1.807, 2.05) is 0 Å². The van der Waals surface area contributed by atoms with Gasteiger partial charge in [0.15, 0.2) is 11.6 Å². The van der Waals surface area contributed by atoms with Crippen LogP contribution in [-0.2, 0) is 9.59 Å². The van der Waals surface area contributed by atoms with Crippen molar-refractivity contribution in [2.24, 2.45) is 5.92 Å². The number of carbonyl (C=O) groups is 2. The second-order valence-corrected chi connectivity index (χ2v) is 3.92. The zero-order chi connectivity index (χ0) is 10.0. The van der Waals surface area contributed by atoms with Gasteiger partial charge in [-0.15, -0.1) is 0 Å². The molecule has 0 spiro atoms. The summed E-state index contributed by atoms with van der Waals surface area (Å²) in [5.41, 5.74) is 1.54. The van der Waals surface area contributed by atoms with Gasteiger partial charge in [-0.3, -0.25) is 9.59 Å². The third-order valence-electron chi connectivity index (χ3n) is 2.65. The maximum Gasteiger partial charge on any atom is 0.156 e. The highest BCUT2D eigenvalue weighted by molar-refractivity contribution is 6.04. The first-order chi connectivity index (χ1) is 6.02. The molecular weight excluding hydrogens is 164 g/mol. The first kappa shape index (κ1) is 10.2. The van der Waals surface area contributed by atoms with Gasteiger partial charge in [0.2, 0.25) is 0 Å². The third-order valence-corrected chi connectivity index (χ3v) is 2.65. The first-order valence-corrected chi connectivity index (χ1v) is 4.76. The van der Waals surface area contributed by atoms with Gasteiger partial charge in [0.1, 0.15) is 0 Å². The van der Waals surface area contributed by atoms with Crippen LogP contribution in [0.3, 0.4) is 0 Å². The average molecular weight is 180 g/mol. The van der Waals surface area contributed by atoms with E-state index in [9.17, 15) is 9.59 Å². The summed E-state index contributed by atoms with van der Waals surface area (Å²) in [6.45, 7) is 5.23. The van der Waals surface area contributed by atoms with Crippen LogP contribution < -0.4 is 0 Å². The highest BCUT2D eigenvalue weighted by Gasteiger charge is 2.22. The lowest BCUT2D eigenvalue weighted by molar-refractivity contribution is -0.116. The van der Waals surface area contributed by atoms with Gasteiger partial charge in [0.05, 0.1) is 0 Å². The summed E-state index contributed by atoms with van der Waals surface area (Å²) >= 11 is 0. The topological polar surface area (TPSA) is 34.1 Å². The van der Waals surface area contributed by atoms with Crippen molar-refractivity contribution in [3.8, 4) is 0 Å². The molecule has 0 aliphatic heterocycles. The Morgan fingerprint density at radius 1 is 1.15 bits per heavy atom. The Hall–Kier alpha value is -0.920. The second-order valence-electron chi connectivity index (χ2n) is 3.92. The molecule has 0 heterocycles. The summed E-state index contributed by atoms with van der Waals surface area (Å²) in [5.74, 6) is 0.677. The molecule has 0 N–H and O–H groups in total. The fourth-order valence-corrected chi connectivity index (χ4v) is 1.86. The minimum absolute atomic E-state index is 0.0664. The lowest BCUT2D eigenvalue weighted by atomic mass is 9.82. The lowest BCUT2D eigenvalue weighted by Crippen LogP contribution is -2.16. The molecule has 0 bridgehead atoms. The summed E-state index contributed by atoms with van der Waals surface area (Å²) in [4.78, 5) is 22.5. The first-order valence-electron chi connectivity index (χ1n) is 4.76. The molecule has 1 aliphatic carbocycles. The molecular formula is C11H16O2. The zero-order valence-electron chi connectivity index (χ0n) is 8.52. The van der Waals surface area contributed by atoms with Gasteiger partial charge in [0, 0.05) is 11.1 Å². The molecule has 2 heteroatoms. The Morgan fingerprint density at radius 3 is 2.15 bits per heavy atom. The molecule has 1 aliphatic rings. The second kappa shape index (κ2) is 3.86. The molecule has 1 rings (SSSR count). The van der Waals surface area contributed by atoms with E-state index < -0.39 is 0 Å². The molecule has 1 atom stereocenters. The Labute approximate surface area is 79.0 Å². The molecule has 0 fully saturated rings.